The predicted molar refractivity (Wildman–Crippen MR) is 90.7 cm³/mol. The van der Waals surface area contributed by atoms with Crippen LogP contribution in [0.1, 0.15) is 35.5 Å². The van der Waals surface area contributed by atoms with Crippen LogP contribution in [-0.2, 0) is 5.41 Å². The molecule has 1 aliphatic rings. The summed E-state index contributed by atoms with van der Waals surface area (Å²) in [5, 5.41) is 10.2. The van der Waals surface area contributed by atoms with E-state index >= 15 is 0 Å². The van der Waals surface area contributed by atoms with E-state index in [0.717, 1.165) is 5.56 Å². The zero-order valence-electron chi connectivity index (χ0n) is 12.2. The average molecular weight is 373 g/mol. The first-order chi connectivity index (χ1) is 10.7. The number of benzene rings is 1. The van der Waals surface area contributed by atoms with Crippen molar-refractivity contribution in [3.8, 4) is 11.4 Å². The van der Waals surface area contributed by atoms with Gasteiger partial charge in [0.05, 0.1) is 11.4 Å². The van der Waals surface area contributed by atoms with E-state index < -0.39 is 32.9 Å². The summed E-state index contributed by atoms with van der Waals surface area (Å²) in [6.45, 7) is 3.78. The molecule has 0 amide bonds. The van der Waals surface area contributed by atoms with E-state index in [1.165, 1.54) is 4.57 Å². The Morgan fingerprint density at radius 2 is 1.87 bits per heavy atom. The Kier molecular flexibility index (Phi) is 3.75. The Bertz CT molecular complexity index is 900. The molecule has 1 N–H and O–H groups in total. The van der Waals surface area contributed by atoms with E-state index in [2.05, 4.69) is 0 Å². The molecule has 0 saturated heterocycles. The van der Waals surface area contributed by atoms with Gasteiger partial charge in [0.15, 0.2) is 10.6 Å². The minimum Gasteiger partial charge on any atom is -0.505 e. The first kappa shape index (κ1) is 16.4. The van der Waals surface area contributed by atoms with Gasteiger partial charge < -0.3 is 5.11 Å². The summed E-state index contributed by atoms with van der Waals surface area (Å²) < 4.78 is 1.35. The Morgan fingerprint density at radius 1 is 1.26 bits per heavy atom. The molecule has 4 nitrogen and oxygen atoms in total. The first-order valence-corrected chi connectivity index (χ1v) is 8.04. The van der Waals surface area contributed by atoms with Gasteiger partial charge in [0.2, 0.25) is 5.78 Å². The van der Waals surface area contributed by atoms with Crippen LogP contribution in [0.2, 0.25) is 5.02 Å². The van der Waals surface area contributed by atoms with Crippen LogP contribution in [0.4, 0.5) is 0 Å². The molecule has 0 bridgehead atoms. The minimum atomic E-state index is -1.46. The lowest BCUT2D eigenvalue weighted by Gasteiger charge is -2.22. The van der Waals surface area contributed by atoms with E-state index in [1.54, 1.807) is 12.1 Å². The Balaban J connectivity index is 2.48. The molecule has 0 radical (unpaired) electrons. The molecule has 1 aliphatic heterocycles. The number of rotatable bonds is 2. The molecular formula is C16H12Cl3NO3. The molecule has 0 saturated carbocycles. The van der Waals surface area contributed by atoms with Gasteiger partial charge in [-0.15, -0.1) is 0 Å². The lowest BCUT2D eigenvalue weighted by atomic mass is 9.83. The average Bonchev–Trinajstić information content (AvgIpc) is 2.73. The molecule has 23 heavy (non-hydrogen) atoms. The molecule has 1 aromatic heterocycles. The van der Waals surface area contributed by atoms with Crippen molar-refractivity contribution in [1.29, 1.82) is 0 Å². The number of carbonyl (C=O) groups excluding carboxylic acids is 1. The molecule has 2 heterocycles. The summed E-state index contributed by atoms with van der Waals surface area (Å²) in [6.07, 6.45) is 0. The number of fused-ring (bicyclic) bond motifs is 3. The first-order valence-electron chi connectivity index (χ1n) is 6.79. The summed E-state index contributed by atoms with van der Waals surface area (Å²) in [6, 6.07) is 7.27. The van der Waals surface area contributed by atoms with Gasteiger partial charge in [-0.05, 0) is 11.6 Å². The number of halogens is 3. The fourth-order valence-electron chi connectivity index (χ4n) is 3.07. The topological polar surface area (TPSA) is 59.3 Å². The number of nitrogens with zero attached hydrogens (tertiary/aromatic N) is 1. The smallest absolute Gasteiger partial charge is 0.270 e. The number of aromatic hydroxyl groups is 1. The Labute approximate surface area is 147 Å². The molecule has 0 spiro atoms. The highest BCUT2D eigenvalue weighted by Crippen LogP contribution is 2.47. The van der Waals surface area contributed by atoms with Gasteiger partial charge in [0, 0.05) is 5.41 Å². The number of ketones is 1. The number of aromatic nitrogens is 1. The second-order valence-corrected chi connectivity index (χ2v) is 7.31. The van der Waals surface area contributed by atoms with Crippen molar-refractivity contribution in [1.82, 2.24) is 4.57 Å². The van der Waals surface area contributed by atoms with Crippen molar-refractivity contribution in [2.24, 2.45) is 0 Å². The molecule has 1 aromatic carbocycles. The molecule has 120 valence electrons. The van der Waals surface area contributed by atoms with Gasteiger partial charge in [0.25, 0.3) is 5.56 Å². The normalized spacial score (nSPS) is 14.7. The highest BCUT2D eigenvalue weighted by Gasteiger charge is 2.41. The fourth-order valence-corrected chi connectivity index (χ4v) is 3.71. The maximum Gasteiger partial charge on any atom is 0.270 e. The standard InChI is InChI=1S/C16H12Cl3NO3/c1-16(2)7-5-3-4-6-8(7)20-13(16)10(17)11(21)9(15(20)23)12(22)14(18)19/h3-6,14,21H,1-2H3. The van der Waals surface area contributed by atoms with Crippen LogP contribution in [0.15, 0.2) is 29.1 Å². The maximum absolute atomic E-state index is 12.8. The maximum atomic E-state index is 12.8. The van der Waals surface area contributed by atoms with Crippen molar-refractivity contribution in [3.63, 3.8) is 0 Å². The van der Waals surface area contributed by atoms with E-state index in [0.29, 0.717) is 11.4 Å². The summed E-state index contributed by atoms with van der Waals surface area (Å²) in [5.41, 5.74) is 0.135. The van der Waals surface area contributed by atoms with Gasteiger partial charge in [-0.3, -0.25) is 14.2 Å². The van der Waals surface area contributed by atoms with Crippen molar-refractivity contribution in [2.45, 2.75) is 24.1 Å². The minimum absolute atomic E-state index is 0.0527. The van der Waals surface area contributed by atoms with Gasteiger partial charge in [-0.2, -0.15) is 0 Å². The number of para-hydroxylation sites is 1. The number of Topliss-reactive ketones (excluding diaryl/α,β-unsaturated/α-hetero) is 1. The van der Waals surface area contributed by atoms with Crippen LogP contribution in [-0.4, -0.2) is 20.3 Å². The lowest BCUT2D eigenvalue weighted by Crippen LogP contribution is -2.30. The summed E-state index contributed by atoms with van der Waals surface area (Å²) in [7, 11) is 0. The van der Waals surface area contributed by atoms with E-state index in [4.69, 9.17) is 34.8 Å². The van der Waals surface area contributed by atoms with Crippen molar-refractivity contribution in [2.75, 3.05) is 0 Å². The number of alkyl halides is 2. The third-order valence-electron chi connectivity index (χ3n) is 4.15. The van der Waals surface area contributed by atoms with Crippen LogP contribution >= 0.6 is 34.8 Å². The van der Waals surface area contributed by atoms with Gasteiger partial charge in [-0.25, -0.2) is 0 Å². The largest absolute Gasteiger partial charge is 0.505 e. The molecule has 0 unspecified atom stereocenters. The van der Waals surface area contributed by atoms with Gasteiger partial charge in [-0.1, -0.05) is 66.8 Å². The summed E-state index contributed by atoms with van der Waals surface area (Å²) >= 11 is 17.5. The monoisotopic (exact) mass is 371 g/mol. The SMILES string of the molecule is CC1(C)c2ccccc2-n2c1c(Cl)c(O)c(C(=O)C(Cl)Cl)c2=O. The van der Waals surface area contributed by atoms with E-state index in [1.807, 2.05) is 26.0 Å². The highest BCUT2D eigenvalue weighted by molar-refractivity contribution is 6.55. The highest BCUT2D eigenvalue weighted by atomic mass is 35.5. The van der Waals surface area contributed by atoms with Crippen LogP contribution in [0.25, 0.3) is 5.69 Å². The van der Waals surface area contributed by atoms with Crippen LogP contribution < -0.4 is 5.56 Å². The molecule has 0 atom stereocenters. The van der Waals surface area contributed by atoms with Crippen molar-refractivity contribution in [3.05, 3.63) is 56.5 Å². The van der Waals surface area contributed by atoms with Crippen LogP contribution in [0, 0.1) is 0 Å². The van der Waals surface area contributed by atoms with E-state index in [9.17, 15) is 14.7 Å². The lowest BCUT2D eigenvalue weighted by molar-refractivity contribution is 0.100. The molecule has 7 heteroatoms. The summed E-state index contributed by atoms with van der Waals surface area (Å²) in [4.78, 5) is 23.5. The van der Waals surface area contributed by atoms with Crippen molar-refractivity contribution >= 4 is 40.6 Å². The second-order valence-electron chi connectivity index (χ2n) is 5.83. The van der Waals surface area contributed by atoms with Gasteiger partial charge >= 0.3 is 0 Å². The van der Waals surface area contributed by atoms with Crippen LogP contribution in [0.3, 0.4) is 0 Å². The van der Waals surface area contributed by atoms with E-state index in [-0.39, 0.29) is 5.02 Å². The number of hydrogen-bond acceptors (Lipinski definition) is 3. The quantitative estimate of drug-likeness (QED) is 0.644. The zero-order valence-corrected chi connectivity index (χ0v) is 14.5. The molecule has 0 aliphatic carbocycles. The number of pyridine rings is 1. The number of carbonyl (C=O) groups is 1. The second kappa shape index (κ2) is 5.26. The number of hydrogen-bond donors (Lipinski definition) is 1. The molecule has 0 fully saturated rings. The van der Waals surface area contributed by atoms with Crippen LogP contribution in [0.5, 0.6) is 5.75 Å². The fraction of sp³-hybridized carbons (Fsp3) is 0.250. The predicted octanol–water partition coefficient (Wildman–Crippen LogP) is 3.82. The molecular weight excluding hydrogens is 361 g/mol. The zero-order chi connectivity index (χ0) is 17.1. The molecule has 3 rings (SSSR count). The summed E-state index contributed by atoms with van der Waals surface area (Å²) in [5.74, 6) is -1.46. The third kappa shape index (κ3) is 2.12. The Morgan fingerprint density at radius 3 is 2.48 bits per heavy atom. The Hall–Kier alpha value is -1.49. The molecule has 2 aromatic rings. The van der Waals surface area contributed by atoms with Gasteiger partial charge in [0.1, 0.15) is 10.6 Å². The third-order valence-corrected chi connectivity index (χ3v) is 4.90. The van der Waals surface area contributed by atoms with Crippen molar-refractivity contribution < 1.29 is 9.90 Å².